The van der Waals surface area contributed by atoms with Gasteiger partial charge in [-0.15, -0.1) is 0 Å². The lowest BCUT2D eigenvalue weighted by Gasteiger charge is -2.04. The molecule has 0 saturated carbocycles. The number of amides is 1. The number of nitrogens with zero attached hydrogens (tertiary/aromatic N) is 2. The first kappa shape index (κ1) is 10.4. The van der Waals surface area contributed by atoms with Gasteiger partial charge in [0.05, 0.1) is 0 Å². The van der Waals surface area contributed by atoms with Crippen LogP contribution >= 0.6 is 0 Å². The van der Waals surface area contributed by atoms with Crippen LogP contribution in [-0.2, 0) is 4.79 Å². The van der Waals surface area contributed by atoms with Gasteiger partial charge >= 0.3 is 0 Å². The van der Waals surface area contributed by atoms with E-state index in [2.05, 4.69) is 4.98 Å². The monoisotopic (exact) mass is 216 g/mol. The molecule has 2 aromatic rings. The molecule has 0 spiro atoms. The third kappa shape index (κ3) is 2.11. The summed E-state index contributed by atoms with van der Waals surface area (Å²) in [5.41, 5.74) is 1.51. The van der Waals surface area contributed by atoms with Gasteiger partial charge in [-0.1, -0.05) is 12.1 Å². The van der Waals surface area contributed by atoms with E-state index in [0.29, 0.717) is 5.89 Å². The minimum atomic E-state index is -0.0951. The molecule has 0 bridgehead atoms. The Balaban J connectivity index is 2.25. The number of para-hydroxylation sites is 2. The average Bonchev–Trinajstić information content (AvgIpc) is 2.68. The van der Waals surface area contributed by atoms with Crippen LogP contribution in [0.5, 0.6) is 0 Å². The molecule has 0 N–H and O–H groups in total. The number of hydrogen-bond acceptors (Lipinski definition) is 3. The zero-order chi connectivity index (χ0) is 11.5. The van der Waals surface area contributed by atoms with Crippen LogP contribution in [0.15, 0.2) is 34.8 Å². The van der Waals surface area contributed by atoms with Crippen molar-refractivity contribution in [2.75, 3.05) is 14.1 Å². The highest BCUT2D eigenvalue weighted by molar-refractivity contribution is 5.91. The molecular weight excluding hydrogens is 204 g/mol. The summed E-state index contributed by atoms with van der Waals surface area (Å²) in [5.74, 6) is 0.346. The first-order valence-corrected chi connectivity index (χ1v) is 4.92. The van der Waals surface area contributed by atoms with Gasteiger partial charge in [-0.25, -0.2) is 4.98 Å². The molecule has 16 heavy (non-hydrogen) atoms. The second-order valence-electron chi connectivity index (χ2n) is 3.59. The standard InChI is InChI=1S/C12H12N2O2/c1-14(2)12(15)8-7-11-13-9-5-3-4-6-10(9)16-11/h3-8H,1-2H3. The minimum Gasteiger partial charge on any atom is -0.437 e. The molecule has 1 amide bonds. The number of carbonyl (C=O) groups excluding carboxylic acids is 1. The Bertz CT molecular complexity index is 508. The fraction of sp³-hybridized carbons (Fsp3) is 0.167. The first-order valence-electron chi connectivity index (χ1n) is 4.92. The fourth-order valence-corrected chi connectivity index (χ4v) is 1.25. The molecule has 0 aliphatic heterocycles. The predicted octanol–water partition coefficient (Wildman–Crippen LogP) is 1.93. The molecule has 4 heteroatoms. The molecule has 0 atom stereocenters. The number of likely N-dealkylation sites (N-methyl/N-ethyl adjacent to an activating group) is 1. The van der Waals surface area contributed by atoms with E-state index < -0.39 is 0 Å². The van der Waals surface area contributed by atoms with Crippen LogP contribution in [0.4, 0.5) is 0 Å². The van der Waals surface area contributed by atoms with E-state index in [1.165, 1.54) is 11.0 Å². The van der Waals surface area contributed by atoms with Crippen molar-refractivity contribution < 1.29 is 9.21 Å². The van der Waals surface area contributed by atoms with E-state index in [4.69, 9.17) is 4.42 Å². The van der Waals surface area contributed by atoms with Gasteiger partial charge in [-0.3, -0.25) is 4.79 Å². The Labute approximate surface area is 93.2 Å². The largest absolute Gasteiger partial charge is 0.437 e. The van der Waals surface area contributed by atoms with Crippen LogP contribution < -0.4 is 0 Å². The first-order chi connectivity index (χ1) is 7.66. The number of rotatable bonds is 2. The maximum absolute atomic E-state index is 11.3. The Morgan fingerprint density at radius 3 is 2.81 bits per heavy atom. The van der Waals surface area contributed by atoms with Crippen molar-refractivity contribution in [3.05, 3.63) is 36.2 Å². The van der Waals surface area contributed by atoms with Crippen LogP contribution in [0.1, 0.15) is 5.89 Å². The van der Waals surface area contributed by atoms with Crippen LogP contribution in [0, 0.1) is 0 Å². The minimum absolute atomic E-state index is 0.0951. The van der Waals surface area contributed by atoms with E-state index in [1.54, 1.807) is 20.2 Å². The molecule has 2 rings (SSSR count). The van der Waals surface area contributed by atoms with Gasteiger partial charge < -0.3 is 9.32 Å². The van der Waals surface area contributed by atoms with Gasteiger partial charge in [0.25, 0.3) is 0 Å². The molecule has 0 fully saturated rings. The normalized spacial score (nSPS) is 11.1. The molecule has 0 radical (unpaired) electrons. The summed E-state index contributed by atoms with van der Waals surface area (Å²) in [4.78, 5) is 17.0. The SMILES string of the molecule is CN(C)C(=O)C=Cc1nc2ccccc2o1. The smallest absolute Gasteiger partial charge is 0.246 e. The van der Waals surface area contributed by atoms with Crippen molar-refractivity contribution in [2.45, 2.75) is 0 Å². The van der Waals surface area contributed by atoms with Gasteiger partial charge in [-0.05, 0) is 12.1 Å². The summed E-state index contributed by atoms with van der Waals surface area (Å²) in [5, 5.41) is 0. The van der Waals surface area contributed by atoms with Crippen LogP contribution in [0.3, 0.4) is 0 Å². The van der Waals surface area contributed by atoms with Crippen molar-refractivity contribution in [2.24, 2.45) is 0 Å². The second kappa shape index (κ2) is 4.18. The van der Waals surface area contributed by atoms with Gasteiger partial charge in [0.1, 0.15) is 5.52 Å². The Kier molecular flexibility index (Phi) is 2.72. The maximum Gasteiger partial charge on any atom is 0.246 e. The maximum atomic E-state index is 11.3. The quantitative estimate of drug-likeness (QED) is 0.720. The Morgan fingerprint density at radius 2 is 2.12 bits per heavy atom. The zero-order valence-corrected chi connectivity index (χ0v) is 9.18. The molecule has 1 aromatic heterocycles. The van der Waals surface area contributed by atoms with Crippen molar-refractivity contribution in [1.29, 1.82) is 0 Å². The van der Waals surface area contributed by atoms with Gasteiger partial charge in [0.15, 0.2) is 5.58 Å². The van der Waals surface area contributed by atoms with E-state index in [0.717, 1.165) is 11.1 Å². The molecule has 1 heterocycles. The second-order valence-corrected chi connectivity index (χ2v) is 3.59. The summed E-state index contributed by atoms with van der Waals surface area (Å²) in [6.45, 7) is 0. The van der Waals surface area contributed by atoms with Gasteiger partial charge in [0, 0.05) is 26.2 Å². The third-order valence-corrected chi connectivity index (χ3v) is 2.12. The van der Waals surface area contributed by atoms with E-state index >= 15 is 0 Å². The summed E-state index contributed by atoms with van der Waals surface area (Å²) in [7, 11) is 3.39. The molecule has 0 unspecified atom stereocenters. The van der Waals surface area contributed by atoms with Crippen LogP contribution in [0.2, 0.25) is 0 Å². The number of benzene rings is 1. The van der Waals surface area contributed by atoms with Crippen molar-refractivity contribution in [1.82, 2.24) is 9.88 Å². The highest BCUT2D eigenvalue weighted by Gasteiger charge is 2.02. The highest BCUT2D eigenvalue weighted by atomic mass is 16.3. The molecular formula is C12H12N2O2. The number of oxazole rings is 1. The molecule has 0 aliphatic carbocycles. The molecule has 4 nitrogen and oxygen atoms in total. The average molecular weight is 216 g/mol. The van der Waals surface area contributed by atoms with Gasteiger partial charge in [-0.2, -0.15) is 0 Å². The summed E-state index contributed by atoms with van der Waals surface area (Å²) in [6, 6.07) is 7.48. The van der Waals surface area contributed by atoms with Crippen molar-refractivity contribution >= 4 is 23.1 Å². The summed E-state index contributed by atoms with van der Waals surface area (Å²) in [6.07, 6.45) is 3.01. The van der Waals surface area contributed by atoms with Crippen molar-refractivity contribution in [3.8, 4) is 0 Å². The highest BCUT2D eigenvalue weighted by Crippen LogP contribution is 2.15. The zero-order valence-electron chi connectivity index (χ0n) is 9.18. The Morgan fingerprint density at radius 1 is 1.38 bits per heavy atom. The lowest BCUT2D eigenvalue weighted by Crippen LogP contribution is -2.18. The van der Waals surface area contributed by atoms with Crippen LogP contribution in [0.25, 0.3) is 17.2 Å². The Hall–Kier alpha value is -2.10. The number of carbonyl (C=O) groups is 1. The lowest BCUT2D eigenvalue weighted by atomic mass is 10.3. The predicted molar refractivity (Wildman–Crippen MR) is 61.7 cm³/mol. The number of fused-ring (bicyclic) bond motifs is 1. The number of hydrogen-bond donors (Lipinski definition) is 0. The molecule has 82 valence electrons. The molecule has 0 saturated heterocycles. The topological polar surface area (TPSA) is 46.3 Å². The summed E-state index contributed by atoms with van der Waals surface area (Å²) >= 11 is 0. The van der Waals surface area contributed by atoms with E-state index in [1.807, 2.05) is 24.3 Å². The fourth-order valence-electron chi connectivity index (χ4n) is 1.25. The molecule has 1 aromatic carbocycles. The number of aromatic nitrogens is 1. The summed E-state index contributed by atoms with van der Waals surface area (Å²) < 4.78 is 5.43. The van der Waals surface area contributed by atoms with Crippen molar-refractivity contribution in [3.63, 3.8) is 0 Å². The van der Waals surface area contributed by atoms with Gasteiger partial charge in [0.2, 0.25) is 11.8 Å². The van der Waals surface area contributed by atoms with Crippen LogP contribution in [-0.4, -0.2) is 29.9 Å². The van der Waals surface area contributed by atoms with E-state index in [9.17, 15) is 4.79 Å². The third-order valence-electron chi connectivity index (χ3n) is 2.12. The molecule has 0 aliphatic rings. The lowest BCUT2D eigenvalue weighted by molar-refractivity contribution is -0.123. The van der Waals surface area contributed by atoms with E-state index in [-0.39, 0.29) is 5.91 Å².